The quantitative estimate of drug-likeness (QED) is 0.815. The molecule has 1 saturated heterocycles. The standard InChI is InChI=1S/C15H22N2OS/c1-11-5-6-14(8-12(11)2)16-15(19)17-7-3-4-13(9-17)10-18/h5-6,8,13,18H,3-4,7,9-10H2,1-2H3,(H,16,19). The number of hydrogen-bond donors (Lipinski definition) is 2. The summed E-state index contributed by atoms with van der Waals surface area (Å²) in [6.45, 7) is 6.29. The van der Waals surface area contributed by atoms with Crippen LogP contribution in [0.3, 0.4) is 0 Å². The SMILES string of the molecule is Cc1ccc(NC(=S)N2CCCC(CO)C2)cc1C. The summed E-state index contributed by atoms with van der Waals surface area (Å²) < 4.78 is 0. The zero-order chi connectivity index (χ0) is 13.8. The molecular weight excluding hydrogens is 256 g/mol. The van der Waals surface area contributed by atoms with Crippen molar-refractivity contribution in [3.8, 4) is 0 Å². The topological polar surface area (TPSA) is 35.5 Å². The maximum atomic E-state index is 9.26. The van der Waals surface area contributed by atoms with E-state index in [4.69, 9.17) is 12.2 Å². The molecule has 0 amide bonds. The zero-order valence-electron chi connectivity index (χ0n) is 11.6. The Balaban J connectivity index is 1.98. The van der Waals surface area contributed by atoms with Crippen molar-refractivity contribution in [2.75, 3.05) is 25.0 Å². The number of nitrogens with zero attached hydrogens (tertiary/aromatic N) is 1. The molecule has 19 heavy (non-hydrogen) atoms. The Morgan fingerprint density at radius 3 is 2.89 bits per heavy atom. The van der Waals surface area contributed by atoms with Crippen LogP contribution in [0.1, 0.15) is 24.0 Å². The van der Waals surface area contributed by atoms with Crippen molar-refractivity contribution in [2.24, 2.45) is 5.92 Å². The van der Waals surface area contributed by atoms with Gasteiger partial charge in [-0.05, 0) is 68.1 Å². The van der Waals surface area contributed by atoms with Crippen molar-refractivity contribution in [2.45, 2.75) is 26.7 Å². The molecule has 0 bridgehead atoms. The normalized spacial score (nSPS) is 19.3. The molecule has 0 saturated carbocycles. The van der Waals surface area contributed by atoms with Crippen LogP contribution in [-0.2, 0) is 0 Å². The maximum absolute atomic E-state index is 9.26. The highest BCUT2D eigenvalue weighted by Crippen LogP contribution is 2.18. The predicted octanol–water partition coefficient (Wildman–Crippen LogP) is 2.70. The van der Waals surface area contributed by atoms with Gasteiger partial charge in [-0.15, -0.1) is 0 Å². The highest BCUT2D eigenvalue weighted by molar-refractivity contribution is 7.80. The molecule has 3 nitrogen and oxygen atoms in total. The van der Waals surface area contributed by atoms with Crippen molar-refractivity contribution in [1.29, 1.82) is 0 Å². The van der Waals surface area contributed by atoms with Gasteiger partial charge in [0.05, 0.1) is 0 Å². The van der Waals surface area contributed by atoms with Gasteiger partial charge in [0.25, 0.3) is 0 Å². The van der Waals surface area contributed by atoms with Gasteiger partial charge < -0.3 is 15.3 Å². The van der Waals surface area contributed by atoms with Gasteiger partial charge in [0.1, 0.15) is 0 Å². The van der Waals surface area contributed by atoms with Gasteiger partial charge in [-0.25, -0.2) is 0 Å². The Morgan fingerprint density at radius 2 is 2.21 bits per heavy atom. The van der Waals surface area contributed by atoms with Gasteiger partial charge in [-0.1, -0.05) is 6.07 Å². The molecule has 1 aromatic rings. The number of nitrogens with one attached hydrogen (secondary N) is 1. The smallest absolute Gasteiger partial charge is 0.173 e. The minimum Gasteiger partial charge on any atom is -0.396 e. The Labute approximate surface area is 120 Å². The lowest BCUT2D eigenvalue weighted by atomic mass is 9.99. The number of rotatable bonds is 2. The van der Waals surface area contributed by atoms with Gasteiger partial charge in [0, 0.05) is 25.4 Å². The lowest BCUT2D eigenvalue weighted by molar-refractivity contribution is 0.162. The number of anilines is 1. The van der Waals surface area contributed by atoms with Crippen LogP contribution in [0.15, 0.2) is 18.2 Å². The summed E-state index contributed by atoms with van der Waals surface area (Å²) in [5.74, 6) is 0.355. The van der Waals surface area contributed by atoms with E-state index in [0.717, 1.165) is 36.7 Å². The number of aliphatic hydroxyl groups excluding tert-OH is 1. The molecule has 104 valence electrons. The van der Waals surface area contributed by atoms with Crippen molar-refractivity contribution >= 4 is 23.0 Å². The molecule has 0 spiro atoms. The molecule has 0 radical (unpaired) electrons. The van der Waals surface area contributed by atoms with E-state index in [-0.39, 0.29) is 6.61 Å². The molecule has 1 fully saturated rings. The van der Waals surface area contributed by atoms with E-state index in [0.29, 0.717) is 5.92 Å². The molecule has 0 aromatic heterocycles. The van der Waals surface area contributed by atoms with E-state index in [9.17, 15) is 5.11 Å². The summed E-state index contributed by atoms with van der Waals surface area (Å²) in [6, 6.07) is 6.28. The summed E-state index contributed by atoms with van der Waals surface area (Å²) in [4.78, 5) is 2.16. The van der Waals surface area contributed by atoms with Crippen molar-refractivity contribution in [3.63, 3.8) is 0 Å². The molecule has 1 aliphatic rings. The minimum atomic E-state index is 0.253. The van der Waals surface area contributed by atoms with Gasteiger partial charge >= 0.3 is 0 Å². The Bertz CT molecular complexity index is 461. The van der Waals surface area contributed by atoms with E-state index in [1.807, 2.05) is 0 Å². The first kappa shape index (κ1) is 14.3. The molecule has 1 aromatic carbocycles. The fraction of sp³-hybridized carbons (Fsp3) is 0.533. The lowest BCUT2D eigenvalue weighted by Gasteiger charge is -2.33. The predicted molar refractivity (Wildman–Crippen MR) is 83.5 cm³/mol. The third kappa shape index (κ3) is 3.67. The molecular formula is C15H22N2OS. The molecule has 2 N–H and O–H groups in total. The Hall–Kier alpha value is -1.13. The average molecular weight is 278 g/mol. The molecule has 1 unspecified atom stereocenters. The van der Waals surface area contributed by atoms with Crippen LogP contribution in [-0.4, -0.2) is 34.8 Å². The van der Waals surface area contributed by atoms with Gasteiger partial charge in [-0.3, -0.25) is 0 Å². The molecule has 1 aliphatic heterocycles. The second-order valence-electron chi connectivity index (χ2n) is 5.37. The highest BCUT2D eigenvalue weighted by atomic mass is 32.1. The third-order valence-electron chi connectivity index (χ3n) is 3.82. The van der Waals surface area contributed by atoms with E-state index in [1.165, 1.54) is 11.1 Å². The number of piperidine rings is 1. The summed E-state index contributed by atoms with van der Waals surface area (Å²) in [5.41, 5.74) is 3.59. The van der Waals surface area contributed by atoms with Gasteiger partial charge in [0.15, 0.2) is 5.11 Å². The summed E-state index contributed by atoms with van der Waals surface area (Å²) >= 11 is 5.47. The van der Waals surface area contributed by atoms with Gasteiger partial charge in [0.2, 0.25) is 0 Å². The van der Waals surface area contributed by atoms with Crippen LogP contribution in [0, 0.1) is 19.8 Å². The first-order valence-corrected chi connectivity index (χ1v) is 7.25. The molecule has 1 heterocycles. The number of benzene rings is 1. The summed E-state index contributed by atoms with van der Waals surface area (Å²) in [7, 11) is 0. The second-order valence-corrected chi connectivity index (χ2v) is 5.75. The fourth-order valence-corrected chi connectivity index (χ4v) is 2.70. The molecule has 1 atom stereocenters. The largest absolute Gasteiger partial charge is 0.396 e. The maximum Gasteiger partial charge on any atom is 0.173 e. The number of aliphatic hydroxyl groups is 1. The minimum absolute atomic E-state index is 0.253. The molecule has 4 heteroatoms. The van der Waals surface area contributed by atoms with E-state index < -0.39 is 0 Å². The first-order chi connectivity index (χ1) is 9.10. The molecule has 2 rings (SSSR count). The number of hydrogen-bond acceptors (Lipinski definition) is 2. The van der Waals surface area contributed by atoms with E-state index in [2.05, 4.69) is 42.3 Å². The zero-order valence-corrected chi connectivity index (χ0v) is 12.5. The van der Waals surface area contributed by atoms with E-state index in [1.54, 1.807) is 0 Å². The number of likely N-dealkylation sites (tertiary alicyclic amines) is 1. The van der Waals surface area contributed by atoms with Crippen LogP contribution in [0.5, 0.6) is 0 Å². The molecule has 0 aliphatic carbocycles. The second kappa shape index (κ2) is 6.35. The fourth-order valence-electron chi connectivity index (χ4n) is 2.42. The van der Waals surface area contributed by atoms with Crippen LogP contribution < -0.4 is 5.32 Å². The number of thiocarbonyl (C=S) groups is 1. The monoisotopic (exact) mass is 278 g/mol. The van der Waals surface area contributed by atoms with Crippen LogP contribution >= 0.6 is 12.2 Å². The summed E-state index contributed by atoms with van der Waals surface area (Å²) in [5, 5.41) is 13.3. The van der Waals surface area contributed by atoms with Crippen molar-refractivity contribution in [1.82, 2.24) is 4.90 Å². The van der Waals surface area contributed by atoms with Crippen LogP contribution in [0.2, 0.25) is 0 Å². The van der Waals surface area contributed by atoms with E-state index >= 15 is 0 Å². The first-order valence-electron chi connectivity index (χ1n) is 6.84. The Kier molecular flexibility index (Phi) is 4.77. The lowest BCUT2D eigenvalue weighted by Crippen LogP contribution is -2.43. The van der Waals surface area contributed by atoms with Crippen LogP contribution in [0.4, 0.5) is 5.69 Å². The number of aryl methyl sites for hydroxylation is 2. The Morgan fingerprint density at radius 1 is 1.42 bits per heavy atom. The van der Waals surface area contributed by atoms with Crippen molar-refractivity contribution < 1.29 is 5.11 Å². The summed E-state index contributed by atoms with van der Waals surface area (Å²) in [6.07, 6.45) is 2.19. The third-order valence-corrected chi connectivity index (χ3v) is 4.18. The van der Waals surface area contributed by atoms with Crippen LogP contribution in [0.25, 0.3) is 0 Å². The average Bonchev–Trinajstić information content (AvgIpc) is 2.43. The van der Waals surface area contributed by atoms with Crippen molar-refractivity contribution in [3.05, 3.63) is 29.3 Å². The van der Waals surface area contributed by atoms with Gasteiger partial charge in [-0.2, -0.15) is 0 Å². The highest BCUT2D eigenvalue weighted by Gasteiger charge is 2.21.